The first kappa shape index (κ1) is 13.4. The van der Waals surface area contributed by atoms with E-state index in [0.717, 1.165) is 11.4 Å². The molecule has 0 saturated carbocycles. The van der Waals surface area contributed by atoms with Crippen LogP contribution in [0, 0.1) is 0 Å². The second-order valence-corrected chi connectivity index (χ2v) is 4.13. The lowest BCUT2D eigenvalue weighted by molar-refractivity contribution is 0.105. The van der Waals surface area contributed by atoms with E-state index < -0.39 is 6.10 Å². The van der Waals surface area contributed by atoms with Crippen molar-refractivity contribution < 1.29 is 14.9 Å². The molecule has 0 aliphatic heterocycles. The van der Waals surface area contributed by atoms with Crippen molar-refractivity contribution >= 4 is 5.69 Å². The summed E-state index contributed by atoms with van der Waals surface area (Å²) in [6, 6.07) is 17.0. The van der Waals surface area contributed by atoms with Crippen LogP contribution >= 0.6 is 0 Å². The van der Waals surface area contributed by atoms with E-state index in [2.05, 4.69) is 5.32 Å². The van der Waals surface area contributed by atoms with Crippen molar-refractivity contribution in [3.05, 3.63) is 54.6 Å². The Morgan fingerprint density at radius 3 is 2.42 bits per heavy atom. The third-order valence-corrected chi connectivity index (χ3v) is 2.60. The molecule has 100 valence electrons. The van der Waals surface area contributed by atoms with Crippen molar-refractivity contribution in [2.45, 2.75) is 6.10 Å². The maximum absolute atomic E-state index is 9.35. The van der Waals surface area contributed by atoms with Crippen molar-refractivity contribution in [2.24, 2.45) is 0 Å². The van der Waals surface area contributed by atoms with Crippen LogP contribution in [0.5, 0.6) is 11.5 Å². The summed E-state index contributed by atoms with van der Waals surface area (Å²) in [5.41, 5.74) is 0.777. The van der Waals surface area contributed by atoms with Crippen LogP contribution in [-0.4, -0.2) is 29.5 Å². The first-order valence-electron chi connectivity index (χ1n) is 6.14. The summed E-state index contributed by atoms with van der Waals surface area (Å²) in [6.45, 7) is 0.000369. The Bertz CT molecular complexity index is 502. The zero-order valence-electron chi connectivity index (χ0n) is 10.5. The van der Waals surface area contributed by atoms with Crippen LogP contribution in [-0.2, 0) is 0 Å². The normalized spacial score (nSPS) is 11.9. The zero-order valence-corrected chi connectivity index (χ0v) is 10.5. The summed E-state index contributed by atoms with van der Waals surface area (Å²) < 4.78 is 5.77. The molecule has 0 bridgehead atoms. The minimum absolute atomic E-state index is 0.269. The molecular formula is C15H17NO3. The number of nitrogens with one attached hydrogen (secondary N) is 1. The average molecular weight is 259 g/mol. The summed E-state index contributed by atoms with van der Waals surface area (Å²) >= 11 is 0. The highest BCUT2D eigenvalue weighted by Crippen LogP contribution is 2.28. The smallest absolute Gasteiger partial charge is 0.150 e. The maximum Gasteiger partial charge on any atom is 0.150 e. The molecule has 0 radical (unpaired) electrons. The number of hydrogen-bond acceptors (Lipinski definition) is 4. The van der Waals surface area contributed by atoms with Crippen molar-refractivity contribution in [3.8, 4) is 11.5 Å². The molecule has 4 heteroatoms. The van der Waals surface area contributed by atoms with E-state index in [1.807, 2.05) is 54.6 Å². The number of benzene rings is 2. The van der Waals surface area contributed by atoms with Gasteiger partial charge in [0, 0.05) is 6.54 Å². The molecule has 2 aromatic rings. The van der Waals surface area contributed by atoms with E-state index in [4.69, 9.17) is 9.84 Å². The Morgan fingerprint density at radius 2 is 1.68 bits per heavy atom. The minimum Gasteiger partial charge on any atom is -0.455 e. The zero-order chi connectivity index (χ0) is 13.5. The maximum atomic E-state index is 9.35. The summed E-state index contributed by atoms with van der Waals surface area (Å²) in [4.78, 5) is 0. The third kappa shape index (κ3) is 3.98. The van der Waals surface area contributed by atoms with Gasteiger partial charge in [-0.3, -0.25) is 0 Å². The van der Waals surface area contributed by atoms with Gasteiger partial charge in [-0.2, -0.15) is 0 Å². The molecule has 0 aliphatic carbocycles. The molecule has 0 fully saturated rings. The number of hydrogen-bond donors (Lipinski definition) is 3. The second kappa shape index (κ2) is 6.78. The first-order valence-corrected chi connectivity index (χ1v) is 6.14. The molecule has 0 amide bonds. The largest absolute Gasteiger partial charge is 0.455 e. The van der Waals surface area contributed by atoms with Gasteiger partial charge >= 0.3 is 0 Å². The van der Waals surface area contributed by atoms with Crippen LogP contribution in [0.2, 0.25) is 0 Å². The minimum atomic E-state index is -0.787. The highest BCUT2D eigenvalue weighted by molar-refractivity contribution is 5.57. The lowest BCUT2D eigenvalue weighted by Crippen LogP contribution is -2.23. The predicted octanol–water partition coefficient (Wildman–Crippen LogP) is 2.24. The van der Waals surface area contributed by atoms with E-state index in [1.54, 1.807) is 0 Å². The summed E-state index contributed by atoms with van der Waals surface area (Å²) in [5, 5.41) is 21.2. The fourth-order valence-corrected chi connectivity index (χ4v) is 1.61. The molecule has 0 aromatic heterocycles. The van der Waals surface area contributed by atoms with E-state index in [1.165, 1.54) is 0 Å². The van der Waals surface area contributed by atoms with Crippen molar-refractivity contribution in [2.75, 3.05) is 18.5 Å². The number of ether oxygens (including phenoxy) is 1. The van der Waals surface area contributed by atoms with Gasteiger partial charge in [0.25, 0.3) is 0 Å². The Labute approximate surface area is 112 Å². The Kier molecular flexibility index (Phi) is 4.78. The molecule has 4 nitrogen and oxygen atoms in total. The van der Waals surface area contributed by atoms with Crippen LogP contribution in [0.15, 0.2) is 54.6 Å². The molecule has 0 heterocycles. The molecule has 0 saturated heterocycles. The van der Waals surface area contributed by atoms with Gasteiger partial charge in [0.05, 0.1) is 18.4 Å². The fraction of sp³-hybridized carbons (Fsp3) is 0.200. The lowest BCUT2D eigenvalue weighted by atomic mass is 10.2. The number of anilines is 1. The number of aliphatic hydroxyl groups excluding tert-OH is 2. The number of aliphatic hydroxyl groups is 2. The molecule has 2 aromatic carbocycles. The van der Waals surface area contributed by atoms with Gasteiger partial charge in [0.2, 0.25) is 0 Å². The standard InChI is InChI=1S/C15H17NO3/c17-11-12(18)10-16-14-8-4-5-9-15(14)19-13-6-2-1-3-7-13/h1-9,12,16-18H,10-11H2. The Morgan fingerprint density at radius 1 is 1.00 bits per heavy atom. The first-order chi connectivity index (χ1) is 9.29. The van der Waals surface area contributed by atoms with Gasteiger partial charge in [-0.15, -0.1) is 0 Å². The molecule has 19 heavy (non-hydrogen) atoms. The van der Waals surface area contributed by atoms with E-state index in [0.29, 0.717) is 5.75 Å². The van der Waals surface area contributed by atoms with Crippen LogP contribution in [0.1, 0.15) is 0 Å². The van der Waals surface area contributed by atoms with Gasteiger partial charge < -0.3 is 20.3 Å². The van der Waals surface area contributed by atoms with Crippen LogP contribution in [0.4, 0.5) is 5.69 Å². The van der Waals surface area contributed by atoms with Crippen molar-refractivity contribution in [1.82, 2.24) is 0 Å². The Hall–Kier alpha value is -2.04. The van der Waals surface area contributed by atoms with Crippen molar-refractivity contribution in [3.63, 3.8) is 0 Å². The fourth-order valence-electron chi connectivity index (χ4n) is 1.61. The molecule has 2 rings (SSSR count). The van der Waals surface area contributed by atoms with Gasteiger partial charge in [-0.25, -0.2) is 0 Å². The molecule has 0 aliphatic rings. The highest BCUT2D eigenvalue weighted by Gasteiger charge is 2.06. The van der Waals surface area contributed by atoms with Gasteiger partial charge in [0.1, 0.15) is 5.75 Å². The van der Waals surface area contributed by atoms with Gasteiger partial charge in [0.15, 0.2) is 5.75 Å². The lowest BCUT2D eigenvalue weighted by Gasteiger charge is -2.14. The third-order valence-electron chi connectivity index (χ3n) is 2.60. The number of rotatable bonds is 6. The van der Waals surface area contributed by atoms with E-state index in [9.17, 15) is 5.11 Å². The summed E-state index contributed by atoms with van der Waals surface area (Å²) in [5.74, 6) is 1.43. The monoisotopic (exact) mass is 259 g/mol. The van der Waals surface area contributed by atoms with Crippen LogP contribution in [0.25, 0.3) is 0 Å². The molecule has 0 spiro atoms. The van der Waals surface area contributed by atoms with E-state index >= 15 is 0 Å². The van der Waals surface area contributed by atoms with Gasteiger partial charge in [-0.1, -0.05) is 30.3 Å². The second-order valence-electron chi connectivity index (χ2n) is 4.13. The average Bonchev–Trinajstić information content (AvgIpc) is 2.47. The van der Waals surface area contributed by atoms with Crippen molar-refractivity contribution in [1.29, 1.82) is 0 Å². The Balaban J connectivity index is 2.08. The SMILES string of the molecule is OCC(O)CNc1ccccc1Oc1ccccc1. The highest BCUT2D eigenvalue weighted by atomic mass is 16.5. The summed E-state index contributed by atoms with van der Waals surface area (Å²) in [6.07, 6.45) is -0.787. The quantitative estimate of drug-likeness (QED) is 0.744. The molecular weight excluding hydrogens is 242 g/mol. The molecule has 1 atom stereocenters. The van der Waals surface area contributed by atoms with Crippen LogP contribution in [0.3, 0.4) is 0 Å². The molecule has 1 unspecified atom stereocenters. The van der Waals surface area contributed by atoms with E-state index in [-0.39, 0.29) is 13.2 Å². The van der Waals surface area contributed by atoms with Crippen LogP contribution < -0.4 is 10.1 Å². The van der Waals surface area contributed by atoms with Gasteiger partial charge in [-0.05, 0) is 24.3 Å². The predicted molar refractivity (Wildman–Crippen MR) is 74.5 cm³/mol. The molecule has 3 N–H and O–H groups in total. The summed E-state index contributed by atoms with van der Waals surface area (Å²) in [7, 11) is 0. The topological polar surface area (TPSA) is 61.7 Å². The number of para-hydroxylation sites is 3.